The highest BCUT2D eigenvalue weighted by Gasteiger charge is 2.03. The molecule has 1 aromatic carbocycles. The van der Waals surface area contributed by atoms with E-state index in [0.717, 1.165) is 6.54 Å². The molecule has 0 saturated carbocycles. The normalized spacial score (nSPS) is 14.3. The highest BCUT2D eigenvalue weighted by molar-refractivity contribution is 5.15. The van der Waals surface area contributed by atoms with Gasteiger partial charge in [-0.3, -0.25) is 0 Å². The highest BCUT2D eigenvalue weighted by atomic mass is 15.1. The first kappa shape index (κ1) is 9.81. The van der Waals surface area contributed by atoms with Crippen LogP contribution in [0.5, 0.6) is 0 Å². The van der Waals surface area contributed by atoms with Crippen molar-refractivity contribution in [1.82, 2.24) is 11.1 Å². The van der Waals surface area contributed by atoms with E-state index >= 15 is 0 Å². The smallest absolute Gasteiger partial charge is 0.0423 e. The summed E-state index contributed by atoms with van der Waals surface area (Å²) in [6.45, 7) is 2.23. The maximum Gasteiger partial charge on any atom is 0.0423 e. The van der Waals surface area contributed by atoms with E-state index in [1.54, 1.807) is 0 Å². The Hall–Kier alpha value is -1.28. The van der Waals surface area contributed by atoms with Crippen LogP contribution in [-0.2, 0) is 6.54 Å². The Balaban J connectivity index is 0.000000845. The second kappa shape index (κ2) is 4.67. The van der Waals surface area contributed by atoms with E-state index in [-0.39, 0.29) is 6.15 Å². The molecule has 2 rings (SSSR count). The first-order chi connectivity index (χ1) is 5.95. The summed E-state index contributed by atoms with van der Waals surface area (Å²) in [5.74, 6) is 0. The average molecular weight is 176 g/mol. The summed E-state index contributed by atoms with van der Waals surface area (Å²) in [6.07, 6.45) is 5.61. The molecule has 0 atom stereocenters. The van der Waals surface area contributed by atoms with Gasteiger partial charge in [0.2, 0.25) is 0 Å². The molecule has 0 bridgehead atoms. The van der Waals surface area contributed by atoms with Gasteiger partial charge in [-0.2, -0.15) is 0 Å². The quantitative estimate of drug-likeness (QED) is 0.752. The number of rotatable bonds is 2. The van der Waals surface area contributed by atoms with Crippen LogP contribution < -0.4 is 6.15 Å². The Morgan fingerprint density at radius 3 is 2.54 bits per heavy atom. The maximum atomic E-state index is 2.34. The van der Waals surface area contributed by atoms with E-state index in [0.29, 0.717) is 0 Å². The van der Waals surface area contributed by atoms with Crippen molar-refractivity contribution in [3.8, 4) is 0 Å². The zero-order chi connectivity index (χ0) is 8.23. The summed E-state index contributed by atoms with van der Waals surface area (Å²) in [5, 5.41) is 0. The number of benzene rings is 1. The fourth-order valence-corrected chi connectivity index (χ4v) is 1.49. The molecule has 0 aromatic heterocycles. The molecule has 0 amide bonds. The molecule has 1 heterocycles. The topological polar surface area (TPSA) is 38.2 Å². The number of hydrogen-bond donors (Lipinski definition) is 1. The van der Waals surface area contributed by atoms with Crippen LogP contribution in [0.3, 0.4) is 0 Å². The molecule has 0 fully saturated rings. The van der Waals surface area contributed by atoms with E-state index < -0.39 is 0 Å². The largest absolute Gasteiger partial charge is 0.373 e. The lowest BCUT2D eigenvalue weighted by Crippen LogP contribution is -2.13. The van der Waals surface area contributed by atoms with Crippen molar-refractivity contribution in [3.05, 3.63) is 48.2 Å². The minimum absolute atomic E-state index is 0. The minimum Gasteiger partial charge on any atom is -0.373 e. The first-order valence-corrected chi connectivity index (χ1v) is 4.40. The maximum absolute atomic E-state index is 2.34. The fraction of sp³-hybridized carbons (Fsp3) is 0.273. The molecular weight excluding hydrogens is 160 g/mol. The zero-order valence-electron chi connectivity index (χ0n) is 7.82. The van der Waals surface area contributed by atoms with Crippen LogP contribution in [-0.4, -0.2) is 11.4 Å². The lowest BCUT2D eigenvalue weighted by atomic mass is 10.2. The monoisotopic (exact) mass is 176 g/mol. The lowest BCUT2D eigenvalue weighted by Gasteiger charge is -2.14. The van der Waals surface area contributed by atoms with E-state index in [4.69, 9.17) is 0 Å². The second-order valence-electron chi connectivity index (χ2n) is 3.13. The van der Waals surface area contributed by atoms with Gasteiger partial charge in [-0.15, -0.1) is 0 Å². The predicted octanol–water partition coefficient (Wildman–Crippen LogP) is 2.57. The zero-order valence-corrected chi connectivity index (χ0v) is 7.82. The molecule has 0 aliphatic carbocycles. The molecule has 70 valence electrons. The molecule has 3 N–H and O–H groups in total. The Labute approximate surface area is 79.5 Å². The Bertz CT molecular complexity index is 267. The van der Waals surface area contributed by atoms with Gasteiger partial charge < -0.3 is 11.1 Å². The third kappa shape index (κ3) is 2.60. The van der Waals surface area contributed by atoms with Crippen LogP contribution in [0.25, 0.3) is 0 Å². The van der Waals surface area contributed by atoms with Gasteiger partial charge >= 0.3 is 0 Å². The summed E-state index contributed by atoms with van der Waals surface area (Å²) in [6, 6.07) is 10.6. The third-order valence-electron chi connectivity index (χ3n) is 2.13. The molecule has 0 unspecified atom stereocenters. The molecule has 1 aliphatic heterocycles. The van der Waals surface area contributed by atoms with E-state index in [2.05, 4.69) is 47.5 Å². The van der Waals surface area contributed by atoms with Gasteiger partial charge in [-0.25, -0.2) is 0 Å². The predicted molar refractivity (Wildman–Crippen MR) is 55.6 cm³/mol. The molecule has 2 nitrogen and oxygen atoms in total. The van der Waals surface area contributed by atoms with Gasteiger partial charge in [0, 0.05) is 13.1 Å². The van der Waals surface area contributed by atoms with Crippen LogP contribution in [0.2, 0.25) is 0 Å². The summed E-state index contributed by atoms with van der Waals surface area (Å²) in [4.78, 5) is 2.34. The third-order valence-corrected chi connectivity index (χ3v) is 2.13. The molecule has 13 heavy (non-hydrogen) atoms. The van der Waals surface area contributed by atoms with Crippen molar-refractivity contribution in [3.63, 3.8) is 0 Å². The van der Waals surface area contributed by atoms with Gasteiger partial charge in [-0.05, 0) is 18.2 Å². The molecule has 1 aliphatic rings. The summed E-state index contributed by atoms with van der Waals surface area (Å²) < 4.78 is 0. The van der Waals surface area contributed by atoms with Gasteiger partial charge in [0.05, 0.1) is 0 Å². The van der Waals surface area contributed by atoms with E-state index in [1.807, 2.05) is 0 Å². The summed E-state index contributed by atoms with van der Waals surface area (Å²) >= 11 is 0. The van der Waals surface area contributed by atoms with Crippen molar-refractivity contribution in [2.75, 3.05) is 6.54 Å². The Morgan fingerprint density at radius 1 is 1.15 bits per heavy atom. The number of nitrogens with zero attached hydrogens (tertiary/aromatic N) is 1. The SMILES string of the molecule is C1=CN(Cc2ccccc2)CC1.N. The highest BCUT2D eigenvalue weighted by Crippen LogP contribution is 2.09. The van der Waals surface area contributed by atoms with Crippen LogP contribution in [0, 0.1) is 0 Å². The van der Waals surface area contributed by atoms with Gasteiger partial charge in [0.25, 0.3) is 0 Å². The molecule has 0 saturated heterocycles. The van der Waals surface area contributed by atoms with Crippen LogP contribution >= 0.6 is 0 Å². The van der Waals surface area contributed by atoms with Crippen LogP contribution in [0.4, 0.5) is 0 Å². The van der Waals surface area contributed by atoms with Gasteiger partial charge in [0.15, 0.2) is 0 Å². The molecule has 0 radical (unpaired) electrons. The van der Waals surface area contributed by atoms with E-state index in [1.165, 1.54) is 18.5 Å². The van der Waals surface area contributed by atoms with Crippen molar-refractivity contribution in [1.29, 1.82) is 0 Å². The first-order valence-electron chi connectivity index (χ1n) is 4.40. The van der Waals surface area contributed by atoms with Crippen molar-refractivity contribution < 1.29 is 0 Å². The Morgan fingerprint density at radius 2 is 1.92 bits per heavy atom. The minimum atomic E-state index is 0. The van der Waals surface area contributed by atoms with Gasteiger partial charge in [0.1, 0.15) is 0 Å². The molecular formula is C11H16N2. The van der Waals surface area contributed by atoms with Crippen molar-refractivity contribution in [2.45, 2.75) is 13.0 Å². The van der Waals surface area contributed by atoms with Gasteiger partial charge in [-0.1, -0.05) is 36.4 Å². The van der Waals surface area contributed by atoms with Crippen molar-refractivity contribution >= 4 is 0 Å². The second-order valence-corrected chi connectivity index (χ2v) is 3.13. The summed E-state index contributed by atoms with van der Waals surface area (Å²) in [7, 11) is 0. The Kier molecular flexibility index (Phi) is 3.53. The van der Waals surface area contributed by atoms with Crippen LogP contribution in [0.15, 0.2) is 42.6 Å². The van der Waals surface area contributed by atoms with Crippen LogP contribution in [0.1, 0.15) is 12.0 Å². The fourth-order valence-electron chi connectivity index (χ4n) is 1.49. The molecule has 2 heteroatoms. The summed E-state index contributed by atoms with van der Waals surface area (Å²) in [5.41, 5.74) is 1.39. The number of hydrogen-bond acceptors (Lipinski definition) is 2. The average Bonchev–Trinajstić information content (AvgIpc) is 2.59. The van der Waals surface area contributed by atoms with Crippen molar-refractivity contribution in [2.24, 2.45) is 0 Å². The van der Waals surface area contributed by atoms with E-state index in [9.17, 15) is 0 Å². The molecule has 0 spiro atoms. The lowest BCUT2D eigenvalue weighted by molar-refractivity contribution is 0.400. The standard InChI is InChI=1S/C11H13N.H3N/c1-2-6-11(7-3-1)10-12-8-4-5-9-12;/h1-4,6-8H,5,9-10H2;1H3. The molecule has 1 aromatic rings.